The molecule has 1 saturated heterocycles. The third-order valence-electron chi connectivity index (χ3n) is 3.81. The monoisotopic (exact) mass is 319 g/mol. The Labute approximate surface area is 137 Å². The highest BCUT2D eigenvalue weighted by Gasteiger charge is 2.52. The first-order valence-electron chi connectivity index (χ1n) is 7.98. The van der Waals surface area contributed by atoms with Crippen molar-refractivity contribution >= 4 is 17.6 Å². The van der Waals surface area contributed by atoms with Crippen molar-refractivity contribution in [3.8, 4) is 5.75 Å². The van der Waals surface area contributed by atoms with Gasteiger partial charge in [0, 0.05) is 5.69 Å². The van der Waals surface area contributed by atoms with Gasteiger partial charge >= 0.3 is 5.97 Å². The number of rotatable bonds is 5. The predicted molar refractivity (Wildman–Crippen MR) is 88.5 cm³/mol. The Morgan fingerprint density at radius 3 is 2.30 bits per heavy atom. The van der Waals surface area contributed by atoms with Crippen molar-refractivity contribution in [1.29, 1.82) is 0 Å². The molecule has 0 aliphatic carbocycles. The van der Waals surface area contributed by atoms with Gasteiger partial charge in [-0.1, -0.05) is 13.3 Å². The van der Waals surface area contributed by atoms with Crippen molar-refractivity contribution in [2.45, 2.75) is 52.2 Å². The summed E-state index contributed by atoms with van der Waals surface area (Å²) < 4.78 is 10.6. The molecule has 2 rings (SSSR count). The van der Waals surface area contributed by atoms with Crippen LogP contribution in [0.15, 0.2) is 24.3 Å². The second-order valence-electron chi connectivity index (χ2n) is 6.78. The molecular formula is C18H25NO4. The number of amides is 1. The fourth-order valence-electron chi connectivity index (χ4n) is 2.80. The van der Waals surface area contributed by atoms with E-state index in [0.717, 1.165) is 6.42 Å². The van der Waals surface area contributed by atoms with Crippen molar-refractivity contribution in [3.63, 3.8) is 0 Å². The van der Waals surface area contributed by atoms with E-state index in [-0.39, 0.29) is 17.8 Å². The van der Waals surface area contributed by atoms with Crippen molar-refractivity contribution in [3.05, 3.63) is 24.3 Å². The molecule has 0 aromatic heterocycles. The Morgan fingerprint density at radius 2 is 1.83 bits per heavy atom. The molecule has 1 aliphatic heterocycles. The largest absolute Gasteiger partial charge is 0.497 e. The topological polar surface area (TPSA) is 55.8 Å². The number of β-lactam (4-membered cyclic amide) rings is 1. The molecule has 1 aromatic rings. The highest BCUT2D eigenvalue weighted by atomic mass is 16.6. The molecule has 0 unspecified atom stereocenters. The first kappa shape index (κ1) is 17.3. The number of benzene rings is 1. The van der Waals surface area contributed by atoms with E-state index in [0.29, 0.717) is 17.9 Å². The Hall–Kier alpha value is -2.04. The number of hydrogen-bond donors (Lipinski definition) is 0. The zero-order valence-electron chi connectivity index (χ0n) is 14.5. The summed E-state index contributed by atoms with van der Waals surface area (Å²) in [6, 6.07) is 6.59. The molecule has 23 heavy (non-hydrogen) atoms. The maximum absolute atomic E-state index is 12.5. The van der Waals surface area contributed by atoms with E-state index < -0.39 is 11.6 Å². The Morgan fingerprint density at radius 1 is 1.22 bits per heavy atom. The minimum Gasteiger partial charge on any atom is -0.497 e. The summed E-state index contributed by atoms with van der Waals surface area (Å²) in [7, 11) is 1.59. The SMILES string of the molecule is CCC[C@@H]1C(=O)N(c2ccc(OC)cc2)[C@@H]1C(=O)OC(C)(C)C. The summed E-state index contributed by atoms with van der Waals surface area (Å²) in [4.78, 5) is 26.5. The Bertz CT molecular complexity index is 574. The van der Waals surface area contributed by atoms with Crippen LogP contribution < -0.4 is 9.64 Å². The molecule has 0 saturated carbocycles. The third kappa shape index (κ3) is 3.66. The molecule has 1 fully saturated rings. The van der Waals surface area contributed by atoms with Crippen LogP contribution in [0.4, 0.5) is 5.69 Å². The van der Waals surface area contributed by atoms with Gasteiger partial charge in [-0.2, -0.15) is 0 Å². The lowest BCUT2D eigenvalue weighted by Crippen LogP contribution is -2.65. The van der Waals surface area contributed by atoms with Gasteiger partial charge in [0.15, 0.2) is 0 Å². The number of methoxy groups -OCH3 is 1. The number of anilines is 1. The van der Waals surface area contributed by atoms with Crippen LogP contribution in [0.1, 0.15) is 40.5 Å². The lowest BCUT2D eigenvalue weighted by Gasteiger charge is -2.46. The van der Waals surface area contributed by atoms with Gasteiger partial charge in [-0.05, 0) is 51.5 Å². The van der Waals surface area contributed by atoms with Crippen LogP contribution in [0.25, 0.3) is 0 Å². The summed E-state index contributed by atoms with van der Waals surface area (Å²) in [6.45, 7) is 7.50. The van der Waals surface area contributed by atoms with E-state index >= 15 is 0 Å². The molecule has 0 N–H and O–H groups in total. The highest BCUT2D eigenvalue weighted by Crippen LogP contribution is 2.37. The molecule has 0 radical (unpaired) electrons. The van der Waals surface area contributed by atoms with Gasteiger partial charge < -0.3 is 9.47 Å². The number of carbonyl (C=O) groups excluding carboxylic acids is 2. The quantitative estimate of drug-likeness (QED) is 0.618. The summed E-state index contributed by atoms with van der Waals surface area (Å²) >= 11 is 0. The molecule has 1 heterocycles. The molecule has 1 aromatic carbocycles. The summed E-state index contributed by atoms with van der Waals surface area (Å²) in [5.74, 6) is 0.0526. The molecule has 2 atom stereocenters. The average Bonchev–Trinajstić information content (AvgIpc) is 2.48. The minimum absolute atomic E-state index is 0.0205. The zero-order chi connectivity index (χ0) is 17.2. The van der Waals surface area contributed by atoms with Crippen LogP contribution in [-0.4, -0.2) is 30.6 Å². The molecule has 126 valence electrons. The van der Waals surface area contributed by atoms with Crippen LogP contribution in [0.5, 0.6) is 5.75 Å². The van der Waals surface area contributed by atoms with E-state index in [2.05, 4.69) is 0 Å². The van der Waals surface area contributed by atoms with Crippen LogP contribution in [0.2, 0.25) is 0 Å². The average molecular weight is 319 g/mol. The van der Waals surface area contributed by atoms with Crippen LogP contribution in [0.3, 0.4) is 0 Å². The second-order valence-corrected chi connectivity index (χ2v) is 6.78. The van der Waals surface area contributed by atoms with Crippen LogP contribution in [-0.2, 0) is 14.3 Å². The van der Waals surface area contributed by atoms with E-state index in [4.69, 9.17) is 9.47 Å². The molecule has 5 nitrogen and oxygen atoms in total. The molecule has 0 bridgehead atoms. The Balaban J connectivity index is 2.25. The van der Waals surface area contributed by atoms with Gasteiger partial charge in [-0.15, -0.1) is 0 Å². The molecule has 0 spiro atoms. The fraction of sp³-hybridized carbons (Fsp3) is 0.556. The van der Waals surface area contributed by atoms with E-state index in [9.17, 15) is 9.59 Å². The lowest BCUT2D eigenvalue weighted by molar-refractivity contribution is -0.164. The van der Waals surface area contributed by atoms with Crippen LogP contribution >= 0.6 is 0 Å². The maximum Gasteiger partial charge on any atom is 0.330 e. The van der Waals surface area contributed by atoms with Crippen molar-refractivity contribution in [2.75, 3.05) is 12.0 Å². The fourth-order valence-corrected chi connectivity index (χ4v) is 2.80. The first-order chi connectivity index (χ1) is 10.8. The van der Waals surface area contributed by atoms with Crippen LogP contribution in [0, 0.1) is 5.92 Å². The number of carbonyl (C=O) groups is 2. The summed E-state index contributed by atoms with van der Waals surface area (Å²) in [6.07, 6.45) is 1.54. The standard InChI is InChI=1S/C18H25NO4/c1-6-7-14-15(17(21)23-18(2,3)4)19(16(14)20)12-8-10-13(22-5)11-9-12/h8-11,14-15H,6-7H2,1-5H3/t14-,15-/m0/s1. The van der Waals surface area contributed by atoms with Gasteiger partial charge in [-0.25, -0.2) is 4.79 Å². The number of ether oxygens (including phenoxy) is 2. The van der Waals surface area contributed by atoms with E-state index in [1.807, 2.05) is 27.7 Å². The zero-order valence-corrected chi connectivity index (χ0v) is 14.5. The first-order valence-corrected chi connectivity index (χ1v) is 7.98. The van der Waals surface area contributed by atoms with Gasteiger partial charge in [-0.3, -0.25) is 9.69 Å². The molecule has 5 heteroatoms. The molecule has 1 amide bonds. The summed E-state index contributed by atoms with van der Waals surface area (Å²) in [5.41, 5.74) is 0.122. The predicted octanol–water partition coefficient (Wildman–Crippen LogP) is 3.17. The van der Waals surface area contributed by atoms with Gasteiger partial charge in [0.2, 0.25) is 5.91 Å². The molecular weight excluding hydrogens is 294 g/mol. The lowest BCUT2D eigenvalue weighted by atomic mass is 9.83. The number of nitrogens with zero attached hydrogens (tertiary/aromatic N) is 1. The number of esters is 1. The van der Waals surface area contributed by atoms with Gasteiger partial charge in [0.1, 0.15) is 17.4 Å². The Kier molecular flexibility index (Phi) is 4.97. The maximum atomic E-state index is 12.5. The van der Waals surface area contributed by atoms with Crippen molar-refractivity contribution in [1.82, 2.24) is 0 Å². The second kappa shape index (κ2) is 6.60. The molecule has 1 aliphatic rings. The smallest absolute Gasteiger partial charge is 0.330 e. The number of hydrogen-bond acceptors (Lipinski definition) is 4. The van der Waals surface area contributed by atoms with Gasteiger partial charge in [0.25, 0.3) is 0 Å². The highest BCUT2D eigenvalue weighted by molar-refractivity contribution is 6.10. The van der Waals surface area contributed by atoms with E-state index in [1.165, 1.54) is 4.90 Å². The van der Waals surface area contributed by atoms with Gasteiger partial charge in [0.05, 0.1) is 13.0 Å². The van der Waals surface area contributed by atoms with E-state index in [1.54, 1.807) is 31.4 Å². The van der Waals surface area contributed by atoms with Crippen molar-refractivity contribution in [2.24, 2.45) is 5.92 Å². The minimum atomic E-state index is -0.571. The normalized spacial score (nSPS) is 20.9. The van der Waals surface area contributed by atoms with Crippen molar-refractivity contribution < 1.29 is 19.1 Å². The third-order valence-corrected chi connectivity index (χ3v) is 3.81. The summed E-state index contributed by atoms with van der Waals surface area (Å²) in [5, 5.41) is 0.